The van der Waals surface area contributed by atoms with Crippen LogP contribution in [0.4, 0.5) is 5.69 Å². The van der Waals surface area contributed by atoms with E-state index >= 15 is 0 Å². The summed E-state index contributed by atoms with van der Waals surface area (Å²) in [6, 6.07) is 14.8. The zero-order valence-corrected chi connectivity index (χ0v) is 12.9. The van der Waals surface area contributed by atoms with Crippen LogP contribution in [0.2, 0.25) is 5.02 Å². The largest absolute Gasteiger partial charge is 0.282 e. The van der Waals surface area contributed by atoms with Gasteiger partial charge in [-0.05, 0) is 39.1 Å². The number of para-hydroxylation sites is 1. The Balaban J connectivity index is 2.11. The number of fused-ring (bicyclic) bond motifs is 1. The maximum absolute atomic E-state index is 12.8. The highest BCUT2D eigenvalue weighted by atomic mass is 79.9. The summed E-state index contributed by atoms with van der Waals surface area (Å²) in [7, 11) is -1.92. The maximum atomic E-state index is 12.8. The van der Waals surface area contributed by atoms with Crippen LogP contribution in [0.25, 0.3) is 0 Å². The predicted molar refractivity (Wildman–Crippen MR) is 85.2 cm³/mol. The predicted octanol–water partition coefficient (Wildman–Crippen LogP) is 5.33. The average molecular weight is 355 g/mol. The molecule has 0 N–H and O–H groups in total. The van der Waals surface area contributed by atoms with Gasteiger partial charge >= 0.3 is 0 Å². The third-order valence-corrected chi connectivity index (χ3v) is 7.79. The number of benzene rings is 2. The van der Waals surface area contributed by atoms with Gasteiger partial charge in [0.15, 0.2) is 0 Å². The van der Waals surface area contributed by atoms with Crippen molar-refractivity contribution in [3.8, 4) is 0 Å². The molecule has 0 radical (unpaired) electrons. The van der Waals surface area contributed by atoms with Gasteiger partial charge in [-0.2, -0.15) is 0 Å². The molecule has 1 unspecified atom stereocenters. The van der Waals surface area contributed by atoms with Crippen molar-refractivity contribution in [1.29, 1.82) is 0 Å². The standard InChI is InChI=1S/C14H9BrClNOS/c15-19(9-17-12-7-3-4-8-13(12)19)14(18)10-5-1-2-6-11(10)16/h1-9H. The minimum atomic E-state index is -1.92. The van der Waals surface area contributed by atoms with Crippen molar-refractivity contribution < 1.29 is 4.79 Å². The van der Waals surface area contributed by atoms with Crippen molar-refractivity contribution in [2.45, 2.75) is 4.90 Å². The van der Waals surface area contributed by atoms with Crippen molar-refractivity contribution >= 4 is 51.2 Å². The molecule has 0 saturated heterocycles. The summed E-state index contributed by atoms with van der Waals surface area (Å²) in [5.74, 6) is 0. The number of nitrogens with zero attached hydrogens (tertiary/aromatic N) is 1. The molecule has 2 aromatic rings. The van der Waals surface area contributed by atoms with Crippen LogP contribution in [0.3, 0.4) is 0 Å². The van der Waals surface area contributed by atoms with E-state index in [0.29, 0.717) is 10.6 Å². The SMILES string of the molecule is O=C(c1ccccc1Cl)S1(Br)C=Nc2ccccc21. The lowest BCUT2D eigenvalue weighted by Gasteiger charge is -2.24. The van der Waals surface area contributed by atoms with E-state index in [2.05, 4.69) is 19.8 Å². The fourth-order valence-corrected chi connectivity index (χ4v) is 5.68. The topological polar surface area (TPSA) is 29.4 Å². The Kier molecular flexibility index (Phi) is 3.25. The van der Waals surface area contributed by atoms with Crippen molar-refractivity contribution in [2.24, 2.45) is 4.99 Å². The summed E-state index contributed by atoms with van der Waals surface area (Å²) < 4.78 is 0. The number of carbonyl (C=O) groups excluding carboxylic acids is 1. The van der Waals surface area contributed by atoms with Crippen LogP contribution in [0, 0.1) is 0 Å². The smallest absolute Gasteiger partial charge is 0.222 e. The van der Waals surface area contributed by atoms with Gasteiger partial charge in [-0.3, -0.25) is 4.79 Å². The Morgan fingerprint density at radius 2 is 1.79 bits per heavy atom. The normalized spacial score (nSPS) is 23.7. The highest BCUT2D eigenvalue weighted by Gasteiger charge is 2.37. The fourth-order valence-electron chi connectivity index (χ4n) is 1.94. The van der Waals surface area contributed by atoms with Crippen LogP contribution in [0.1, 0.15) is 10.4 Å². The minimum absolute atomic E-state index is 0.0215. The zero-order chi connectivity index (χ0) is 13.5. The second kappa shape index (κ2) is 4.78. The summed E-state index contributed by atoms with van der Waals surface area (Å²) in [5.41, 5.74) is 3.08. The van der Waals surface area contributed by atoms with E-state index in [1.807, 2.05) is 36.4 Å². The summed E-state index contributed by atoms with van der Waals surface area (Å²) >= 11 is 9.72. The molecule has 0 amide bonds. The van der Waals surface area contributed by atoms with E-state index in [4.69, 9.17) is 11.6 Å². The third kappa shape index (κ3) is 2.04. The second-order valence-electron chi connectivity index (χ2n) is 4.05. The molecule has 5 heteroatoms. The molecule has 0 aliphatic carbocycles. The lowest BCUT2D eigenvalue weighted by atomic mass is 10.2. The van der Waals surface area contributed by atoms with Crippen LogP contribution < -0.4 is 0 Å². The van der Waals surface area contributed by atoms with Crippen molar-refractivity contribution in [3.63, 3.8) is 0 Å². The van der Waals surface area contributed by atoms with Crippen LogP contribution >= 0.6 is 34.9 Å². The summed E-state index contributed by atoms with van der Waals surface area (Å²) in [6.45, 7) is 0. The average Bonchev–Trinajstić information content (AvgIpc) is 2.78. The second-order valence-corrected chi connectivity index (χ2v) is 9.71. The number of carbonyl (C=O) groups is 1. The first-order valence-corrected chi connectivity index (χ1v) is 9.49. The minimum Gasteiger partial charge on any atom is -0.282 e. The lowest BCUT2D eigenvalue weighted by molar-refractivity contribution is 0.108. The molecule has 1 atom stereocenters. The molecule has 0 aromatic heterocycles. The molecule has 1 heterocycles. The van der Waals surface area contributed by atoms with E-state index in [9.17, 15) is 4.79 Å². The summed E-state index contributed by atoms with van der Waals surface area (Å²) in [4.78, 5) is 18.0. The van der Waals surface area contributed by atoms with Gasteiger partial charge in [-0.1, -0.05) is 44.3 Å². The Morgan fingerprint density at radius 1 is 1.11 bits per heavy atom. The van der Waals surface area contributed by atoms with Crippen LogP contribution in [0.5, 0.6) is 0 Å². The molecule has 19 heavy (non-hydrogen) atoms. The Labute approximate surface area is 125 Å². The van der Waals surface area contributed by atoms with Gasteiger partial charge in [0.05, 0.1) is 16.3 Å². The number of halogens is 2. The van der Waals surface area contributed by atoms with Crippen LogP contribution in [0.15, 0.2) is 58.4 Å². The lowest BCUT2D eigenvalue weighted by Crippen LogP contribution is -2.07. The van der Waals surface area contributed by atoms with Gasteiger partial charge in [0.2, 0.25) is 5.12 Å². The molecule has 0 spiro atoms. The highest BCUT2D eigenvalue weighted by Crippen LogP contribution is 2.68. The monoisotopic (exact) mass is 353 g/mol. The fraction of sp³-hybridized carbons (Fsp3) is 0. The van der Waals surface area contributed by atoms with Crippen molar-refractivity contribution in [2.75, 3.05) is 0 Å². The first-order chi connectivity index (χ1) is 9.13. The molecule has 0 saturated carbocycles. The van der Waals surface area contributed by atoms with Gasteiger partial charge in [-0.25, -0.2) is 4.99 Å². The maximum Gasteiger partial charge on any atom is 0.222 e. The van der Waals surface area contributed by atoms with E-state index in [-0.39, 0.29) is 5.12 Å². The van der Waals surface area contributed by atoms with E-state index < -0.39 is 8.46 Å². The zero-order valence-electron chi connectivity index (χ0n) is 9.72. The first-order valence-electron chi connectivity index (χ1n) is 5.58. The molecular weight excluding hydrogens is 346 g/mol. The van der Waals surface area contributed by atoms with E-state index in [0.717, 1.165) is 10.6 Å². The number of rotatable bonds is 1. The number of aliphatic imine (C=N–C) groups is 1. The first kappa shape index (κ1) is 12.9. The molecule has 1 aliphatic heterocycles. The van der Waals surface area contributed by atoms with Crippen LogP contribution in [-0.2, 0) is 0 Å². The molecule has 3 rings (SSSR count). The Bertz CT molecular complexity index is 703. The Hall–Kier alpha value is -1.10. The number of hydrogen-bond donors (Lipinski definition) is 0. The van der Waals surface area contributed by atoms with E-state index in [1.165, 1.54) is 0 Å². The highest BCUT2D eigenvalue weighted by molar-refractivity contribution is 9.62. The third-order valence-electron chi connectivity index (χ3n) is 2.89. The number of hydrogen-bond acceptors (Lipinski definition) is 2. The molecule has 1 aliphatic rings. The molecular formula is C14H9BrClNOS. The quantitative estimate of drug-likeness (QED) is 0.681. The Morgan fingerprint density at radius 3 is 2.58 bits per heavy atom. The van der Waals surface area contributed by atoms with Crippen molar-refractivity contribution in [3.05, 3.63) is 59.1 Å². The van der Waals surface area contributed by atoms with Gasteiger partial charge < -0.3 is 0 Å². The van der Waals surface area contributed by atoms with Gasteiger partial charge in [0.1, 0.15) is 0 Å². The molecule has 2 aromatic carbocycles. The molecule has 96 valence electrons. The van der Waals surface area contributed by atoms with Crippen LogP contribution in [-0.4, -0.2) is 10.7 Å². The van der Waals surface area contributed by atoms with Gasteiger partial charge in [0.25, 0.3) is 0 Å². The molecule has 0 fully saturated rings. The summed E-state index contributed by atoms with van der Waals surface area (Å²) in [6.07, 6.45) is 0. The summed E-state index contributed by atoms with van der Waals surface area (Å²) in [5, 5.41) is 0.448. The van der Waals surface area contributed by atoms with Crippen molar-refractivity contribution in [1.82, 2.24) is 0 Å². The van der Waals surface area contributed by atoms with Gasteiger partial charge in [-0.15, -0.1) is 0 Å². The van der Waals surface area contributed by atoms with E-state index in [1.54, 1.807) is 17.7 Å². The molecule has 2 nitrogen and oxygen atoms in total. The van der Waals surface area contributed by atoms with Gasteiger partial charge in [0, 0.05) is 10.5 Å². The molecule has 0 bridgehead atoms.